The third-order valence-electron chi connectivity index (χ3n) is 4.28. The predicted octanol–water partition coefficient (Wildman–Crippen LogP) is 2.35. The van der Waals surface area contributed by atoms with Crippen molar-refractivity contribution in [2.24, 2.45) is 5.14 Å². The van der Waals surface area contributed by atoms with Crippen molar-refractivity contribution in [1.29, 1.82) is 0 Å². The Morgan fingerprint density at radius 1 is 1.14 bits per heavy atom. The molecule has 1 aliphatic rings. The van der Waals surface area contributed by atoms with Gasteiger partial charge >= 0.3 is 5.97 Å². The minimum atomic E-state index is -3.76. The monoisotopic (exact) mass is 438 g/mol. The lowest BCUT2D eigenvalue weighted by Crippen LogP contribution is -2.24. The lowest BCUT2D eigenvalue weighted by Gasteiger charge is -2.18. The van der Waals surface area contributed by atoms with Crippen molar-refractivity contribution in [2.75, 3.05) is 24.7 Å². The molecule has 8 nitrogen and oxygen atoms in total. The number of anilines is 1. The number of halogens is 1. The molecule has 2 aromatic rings. The van der Waals surface area contributed by atoms with E-state index >= 15 is 0 Å². The lowest BCUT2D eigenvalue weighted by molar-refractivity contribution is -0.117. The van der Waals surface area contributed by atoms with Crippen molar-refractivity contribution in [3.05, 3.63) is 53.1 Å². The minimum absolute atomic E-state index is 0.0175. The second-order valence-electron chi connectivity index (χ2n) is 6.32. The first-order valence-electron chi connectivity index (χ1n) is 8.78. The first-order chi connectivity index (χ1) is 13.8. The highest BCUT2D eigenvalue weighted by Gasteiger charge is 2.24. The van der Waals surface area contributed by atoms with Gasteiger partial charge in [-0.25, -0.2) is 18.4 Å². The summed E-state index contributed by atoms with van der Waals surface area (Å²) in [4.78, 5) is 25.7. The van der Waals surface area contributed by atoms with Crippen LogP contribution in [0.4, 0.5) is 5.69 Å². The smallest absolute Gasteiger partial charge is 0.338 e. The summed E-state index contributed by atoms with van der Waals surface area (Å²) in [5, 5.41) is 5.42. The zero-order chi connectivity index (χ0) is 21.0. The van der Waals surface area contributed by atoms with Crippen LogP contribution in [0.5, 0.6) is 5.75 Å². The molecule has 2 N–H and O–H groups in total. The number of rotatable bonds is 7. The van der Waals surface area contributed by atoms with Crippen molar-refractivity contribution in [2.45, 2.75) is 17.7 Å². The van der Waals surface area contributed by atoms with E-state index in [4.69, 9.17) is 26.2 Å². The maximum atomic E-state index is 12.3. The number of benzene rings is 2. The summed E-state index contributed by atoms with van der Waals surface area (Å²) in [7, 11) is -3.76. The standard InChI is InChI=1S/C19H19ClN2O6S/c20-16-8-3-13(12-17(16)22-9-1-2-18(22)23)19(24)28-11-10-27-14-4-6-15(7-5-14)29(21,25)26/h3-8,12H,1-2,9-11H2,(H2,21,25,26). The van der Waals surface area contributed by atoms with E-state index in [0.29, 0.717) is 29.4 Å². The van der Waals surface area contributed by atoms with E-state index in [-0.39, 0.29) is 29.6 Å². The van der Waals surface area contributed by atoms with Gasteiger partial charge in [0.25, 0.3) is 0 Å². The zero-order valence-corrected chi connectivity index (χ0v) is 16.9. The van der Waals surface area contributed by atoms with Crippen molar-refractivity contribution in [3.8, 4) is 5.75 Å². The molecule has 0 saturated carbocycles. The van der Waals surface area contributed by atoms with Crippen LogP contribution in [-0.2, 0) is 19.6 Å². The summed E-state index contributed by atoms with van der Waals surface area (Å²) in [5.41, 5.74) is 0.774. The second kappa shape index (κ2) is 8.81. The van der Waals surface area contributed by atoms with E-state index in [0.717, 1.165) is 6.42 Å². The Bertz CT molecular complexity index is 1020. The Morgan fingerprint density at radius 2 is 1.86 bits per heavy atom. The average molecular weight is 439 g/mol. The van der Waals surface area contributed by atoms with Gasteiger partial charge in [-0.3, -0.25) is 4.79 Å². The molecule has 29 heavy (non-hydrogen) atoms. The number of sulfonamides is 1. The molecule has 1 saturated heterocycles. The second-order valence-corrected chi connectivity index (χ2v) is 8.28. The fourth-order valence-electron chi connectivity index (χ4n) is 2.85. The minimum Gasteiger partial charge on any atom is -0.490 e. The summed E-state index contributed by atoms with van der Waals surface area (Å²) in [6.07, 6.45) is 1.21. The largest absolute Gasteiger partial charge is 0.490 e. The quantitative estimate of drug-likeness (QED) is 0.524. The molecule has 0 radical (unpaired) electrons. The van der Waals surface area contributed by atoms with Crippen LogP contribution in [0.3, 0.4) is 0 Å². The van der Waals surface area contributed by atoms with Gasteiger partial charge in [0.2, 0.25) is 15.9 Å². The molecule has 1 aliphatic heterocycles. The topological polar surface area (TPSA) is 116 Å². The molecule has 0 spiro atoms. The summed E-state index contributed by atoms with van der Waals surface area (Å²) in [6, 6.07) is 10.2. The SMILES string of the molecule is NS(=O)(=O)c1ccc(OCCOC(=O)c2ccc(Cl)c(N3CCCC3=O)c2)cc1. The van der Waals surface area contributed by atoms with Crippen LogP contribution in [0.25, 0.3) is 0 Å². The van der Waals surface area contributed by atoms with Crippen LogP contribution in [0.2, 0.25) is 5.02 Å². The molecule has 1 amide bonds. The first kappa shape index (κ1) is 21.1. The van der Waals surface area contributed by atoms with E-state index in [1.54, 1.807) is 17.0 Å². The van der Waals surface area contributed by atoms with Crippen molar-refractivity contribution in [3.63, 3.8) is 0 Å². The van der Waals surface area contributed by atoms with Gasteiger partial charge in [0, 0.05) is 13.0 Å². The Balaban J connectivity index is 1.54. The summed E-state index contributed by atoms with van der Waals surface area (Å²) < 4.78 is 33.0. The van der Waals surface area contributed by atoms with Crippen LogP contribution in [0.15, 0.2) is 47.4 Å². The number of amides is 1. The summed E-state index contributed by atoms with van der Waals surface area (Å²) >= 11 is 6.17. The molecule has 154 valence electrons. The summed E-state index contributed by atoms with van der Waals surface area (Å²) in [6.45, 7) is 0.622. The van der Waals surface area contributed by atoms with Crippen LogP contribution in [0.1, 0.15) is 23.2 Å². The Kier molecular flexibility index (Phi) is 6.41. The number of primary sulfonamides is 1. The number of carbonyl (C=O) groups excluding carboxylic acids is 2. The third kappa shape index (κ3) is 5.26. The molecular weight excluding hydrogens is 420 g/mol. The molecule has 0 aromatic heterocycles. The van der Waals surface area contributed by atoms with Crippen LogP contribution >= 0.6 is 11.6 Å². The van der Waals surface area contributed by atoms with E-state index in [1.807, 2.05) is 0 Å². The lowest BCUT2D eigenvalue weighted by atomic mass is 10.2. The highest BCUT2D eigenvalue weighted by molar-refractivity contribution is 7.89. The zero-order valence-electron chi connectivity index (χ0n) is 15.3. The van der Waals surface area contributed by atoms with Gasteiger partial charge < -0.3 is 14.4 Å². The van der Waals surface area contributed by atoms with Gasteiger partial charge in [-0.1, -0.05) is 11.6 Å². The highest BCUT2D eigenvalue weighted by Crippen LogP contribution is 2.30. The van der Waals surface area contributed by atoms with Crippen LogP contribution in [0, 0.1) is 0 Å². The number of nitrogens with two attached hydrogens (primary N) is 1. The molecule has 2 aromatic carbocycles. The number of hydrogen-bond acceptors (Lipinski definition) is 6. The van der Waals surface area contributed by atoms with E-state index < -0.39 is 16.0 Å². The van der Waals surface area contributed by atoms with E-state index in [9.17, 15) is 18.0 Å². The van der Waals surface area contributed by atoms with Crippen LogP contribution in [-0.4, -0.2) is 40.1 Å². The third-order valence-corrected chi connectivity index (χ3v) is 5.53. The highest BCUT2D eigenvalue weighted by atomic mass is 35.5. The Labute approximate surface area is 173 Å². The molecular formula is C19H19ClN2O6S. The summed E-state index contributed by atoms with van der Waals surface area (Å²) in [5.74, 6) is -0.184. The Hall–Kier alpha value is -2.62. The molecule has 0 atom stereocenters. The molecule has 10 heteroatoms. The van der Waals surface area contributed by atoms with Gasteiger partial charge in [-0.05, 0) is 48.9 Å². The van der Waals surface area contributed by atoms with Gasteiger partial charge in [-0.15, -0.1) is 0 Å². The van der Waals surface area contributed by atoms with E-state index in [1.165, 1.54) is 30.3 Å². The molecule has 1 heterocycles. The maximum absolute atomic E-state index is 12.3. The number of nitrogens with zero attached hydrogens (tertiary/aromatic N) is 1. The number of esters is 1. The normalized spacial score (nSPS) is 14.1. The van der Waals surface area contributed by atoms with Gasteiger partial charge in [-0.2, -0.15) is 0 Å². The van der Waals surface area contributed by atoms with Gasteiger partial charge in [0.1, 0.15) is 19.0 Å². The van der Waals surface area contributed by atoms with Crippen molar-refractivity contribution >= 4 is 39.2 Å². The molecule has 0 bridgehead atoms. The van der Waals surface area contributed by atoms with Crippen molar-refractivity contribution < 1.29 is 27.5 Å². The average Bonchev–Trinajstić information content (AvgIpc) is 3.11. The Morgan fingerprint density at radius 3 is 2.48 bits per heavy atom. The first-order valence-corrected chi connectivity index (χ1v) is 10.7. The number of carbonyl (C=O) groups is 2. The fourth-order valence-corrected chi connectivity index (χ4v) is 3.59. The number of hydrogen-bond donors (Lipinski definition) is 1. The van der Waals surface area contributed by atoms with E-state index in [2.05, 4.69) is 0 Å². The predicted molar refractivity (Wildman–Crippen MR) is 107 cm³/mol. The molecule has 3 rings (SSSR count). The fraction of sp³-hybridized carbons (Fsp3) is 0.263. The van der Waals surface area contributed by atoms with Gasteiger partial charge in [0.05, 0.1) is 21.2 Å². The maximum Gasteiger partial charge on any atom is 0.338 e. The molecule has 0 aliphatic carbocycles. The molecule has 1 fully saturated rings. The molecule has 0 unspecified atom stereocenters. The van der Waals surface area contributed by atoms with Crippen LogP contribution < -0.4 is 14.8 Å². The number of ether oxygens (including phenoxy) is 2. The van der Waals surface area contributed by atoms with Gasteiger partial charge in [0.15, 0.2) is 0 Å². The van der Waals surface area contributed by atoms with Crippen molar-refractivity contribution in [1.82, 2.24) is 0 Å².